The van der Waals surface area contributed by atoms with Gasteiger partial charge in [-0.3, -0.25) is 0 Å². The molecule has 1 aromatic heterocycles. The Morgan fingerprint density at radius 2 is 1.81 bits per heavy atom. The molecule has 2 aromatic rings. The van der Waals surface area contributed by atoms with Crippen LogP contribution in [0.15, 0.2) is 24.5 Å². The molecule has 3 aliphatic heterocycles. The fourth-order valence-corrected chi connectivity index (χ4v) is 5.72. The number of hydrogen-bond acceptors (Lipinski definition) is 7. The topological polar surface area (TPSA) is 78.8 Å². The summed E-state index contributed by atoms with van der Waals surface area (Å²) in [5.41, 5.74) is 3.79. The molecule has 0 amide bonds. The number of aliphatic hydroxyl groups is 1. The number of β-amino-alcohol motifs (C(OH)–C–C–N with tert-alkyl or cyclic N) is 1. The van der Waals surface area contributed by atoms with E-state index in [2.05, 4.69) is 19.8 Å². The standard InChI is InChI=1S/C24H29ClN4O3/c1-16-17(2-3-18-19(16)15-32-23(18)31)20(30)14-28-10-4-24(5-11-28)6-12-29(13-7-24)22-21(25)26-8-9-27-22/h2-3,8-9,20,30H,4-7,10-15H2,1H3. The predicted molar refractivity (Wildman–Crippen MR) is 122 cm³/mol. The molecule has 0 aliphatic carbocycles. The number of hydrogen-bond donors (Lipinski definition) is 1. The first-order chi connectivity index (χ1) is 15.5. The lowest BCUT2D eigenvalue weighted by atomic mass is 9.71. The molecule has 7 nitrogen and oxygen atoms in total. The maximum Gasteiger partial charge on any atom is 0.338 e. The lowest BCUT2D eigenvalue weighted by molar-refractivity contribution is 0.0447. The van der Waals surface area contributed by atoms with Crippen LogP contribution in [0.1, 0.15) is 58.8 Å². The van der Waals surface area contributed by atoms with Crippen molar-refractivity contribution in [2.24, 2.45) is 5.41 Å². The molecule has 170 valence electrons. The normalized spacial score (nSPS) is 21.5. The van der Waals surface area contributed by atoms with Crippen molar-refractivity contribution in [2.45, 2.75) is 45.3 Å². The molecule has 0 saturated carbocycles. The molecule has 0 bridgehead atoms. The van der Waals surface area contributed by atoms with Crippen molar-refractivity contribution in [2.75, 3.05) is 37.6 Å². The lowest BCUT2D eigenvalue weighted by Gasteiger charge is -2.47. The van der Waals surface area contributed by atoms with Gasteiger partial charge in [-0.2, -0.15) is 0 Å². The quantitative estimate of drug-likeness (QED) is 0.705. The Morgan fingerprint density at radius 1 is 1.12 bits per heavy atom. The molecular weight excluding hydrogens is 428 g/mol. The molecule has 8 heteroatoms. The van der Waals surface area contributed by atoms with Gasteiger partial charge in [0.05, 0.1) is 11.7 Å². The Kier molecular flexibility index (Phi) is 5.82. The number of cyclic esters (lactones) is 1. The molecule has 4 heterocycles. The van der Waals surface area contributed by atoms with Crippen LogP contribution in [0, 0.1) is 12.3 Å². The van der Waals surface area contributed by atoms with E-state index in [9.17, 15) is 9.90 Å². The summed E-state index contributed by atoms with van der Waals surface area (Å²) in [5.74, 6) is 0.527. The summed E-state index contributed by atoms with van der Waals surface area (Å²) in [5, 5.41) is 11.4. The third-order valence-corrected chi connectivity index (χ3v) is 7.94. The number of nitrogens with zero attached hydrogens (tertiary/aromatic N) is 4. The van der Waals surface area contributed by atoms with Crippen LogP contribution in [-0.2, 0) is 11.3 Å². The Labute approximate surface area is 193 Å². The number of ether oxygens (including phenoxy) is 1. The summed E-state index contributed by atoms with van der Waals surface area (Å²) in [4.78, 5) is 25.0. The molecule has 1 atom stereocenters. The average molecular weight is 457 g/mol. The van der Waals surface area contributed by atoms with Gasteiger partial charge >= 0.3 is 5.97 Å². The molecule has 1 aromatic carbocycles. The molecular formula is C24H29ClN4O3. The molecule has 3 aliphatic rings. The molecule has 2 saturated heterocycles. The predicted octanol–water partition coefficient (Wildman–Crippen LogP) is 3.52. The second-order valence-electron chi connectivity index (χ2n) is 9.36. The summed E-state index contributed by atoms with van der Waals surface area (Å²) < 4.78 is 5.15. The first-order valence-electron chi connectivity index (χ1n) is 11.4. The SMILES string of the molecule is Cc1c(C(O)CN2CCC3(CC2)CCN(c2nccnc2Cl)CC3)ccc2c1COC2=O. The van der Waals surface area contributed by atoms with Crippen molar-refractivity contribution >= 4 is 23.4 Å². The summed E-state index contributed by atoms with van der Waals surface area (Å²) >= 11 is 6.23. The molecule has 2 fully saturated rings. The number of carbonyl (C=O) groups excluding carboxylic acids is 1. The van der Waals surface area contributed by atoms with Crippen molar-refractivity contribution < 1.29 is 14.6 Å². The number of aliphatic hydroxyl groups excluding tert-OH is 1. The van der Waals surface area contributed by atoms with Gasteiger partial charge in [-0.25, -0.2) is 14.8 Å². The Hall–Kier alpha value is -2.22. The van der Waals surface area contributed by atoms with Gasteiger partial charge in [0.25, 0.3) is 0 Å². The van der Waals surface area contributed by atoms with Gasteiger partial charge in [-0.05, 0) is 68.3 Å². The monoisotopic (exact) mass is 456 g/mol. The van der Waals surface area contributed by atoms with Crippen molar-refractivity contribution in [1.82, 2.24) is 14.9 Å². The fraction of sp³-hybridized carbons (Fsp3) is 0.542. The number of piperidine rings is 2. The summed E-state index contributed by atoms with van der Waals surface area (Å²) in [6, 6.07) is 3.67. The number of halogens is 1. The van der Waals surface area contributed by atoms with E-state index in [0.717, 1.165) is 74.4 Å². The highest BCUT2D eigenvalue weighted by Gasteiger charge is 2.38. The lowest BCUT2D eigenvalue weighted by Crippen LogP contribution is -2.47. The van der Waals surface area contributed by atoms with Crippen molar-refractivity contribution in [3.63, 3.8) is 0 Å². The molecule has 5 rings (SSSR count). The first-order valence-corrected chi connectivity index (χ1v) is 11.7. The zero-order chi connectivity index (χ0) is 22.3. The maximum absolute atomic E-state index is 11.8. The van der Waals surface area contributed by atoms with E-state index in [1.54, 1.807) is 18.5 Å². The fourth-order valence-electron chi connectivity index (χ4n) is 5.50. The zero-order valence-electron chi connectivity index (χ0n) is 18.4. The highest BCUT2D eigenvalue weighted by Crippen LogP contribution is 2.42. The van der Waals surface area contributed by atoms with Crippen molar-refractivity contribution in [1.29, 1.82) is 0 Å². The van der Waals surface area contributed by atoms with Gasteiger partial charge < -0.3 is 19.6 Å². The second kappa shape index (κ2) is 8.61. The van der Waals surface area contributed by atoms with Gasteiger partial charge in [0.2, 0.25) is 0 Å². The van der Waals surface area contributed by atoms with Crippen molar-refractivity contribution in [3.8, 4) is 0 Å². The molecule has 1 unspecified atom stereocenters. The third kappa shape index (κ3) is 3.98. The number of rotatable bonds is 4. The van der Waals surface area contributed by atoms with Crippen LogP contribution in [0.25, 0.3) is 0 Å². The number of likely N-dealkylation sites (tertiary alicyclic amines) is 1. The smallest absolute Gasteiger partial charge is 0.338 e. The Morgan fingerprint density at radius 3 is 2.53 bits per heavy atom. The Bertz CT molecular complexity index is 1010. The second-order valence-corrected chi connectivity index (χ2v) is 9.71. The molecule has 32 heavy (non-hydrogen) atoms. The highest BCUT2D eigenvalue weighted by molar-refractivity contribution is 6.31. The van der Waals surface area contributed by atoms with Crippen LogP contribution in [0.4, 0.5) is 5.82 Å². The largest absolute Gasteiger partial charge is 0.457 e. The van der Waals surface area contributed by atoms with E-state index in [-0.39, 0.29) is 5.97 Å². The van der Waals surface area contributed by atoms with Crippen LogP contribution in [0.5, 0.6) is 0 Å². The minimum Gasteiger partial charge on any atom is -0.457 e. The minimum atomic E-state index is -0.564. The summed E-state index contributed by atoms with van der Waals surface area (Å²) in [6.07, 6.45) is 7.32. The van der Waals surface area contributed by atoms with Crippen LogP contribution in [-0.4, -0.2) is 58.7 Å². The summed E-state index contributed by atoms with van der Waals surface area (Å²) in [6.45, 7) is 6.80. The van der Waals surface area contributed by atoms with Gasteiger partial charge in [0.1, 0.15) is 6.61 Å². The third-order valence-electron chi connectivity index (χ3n) is 7.67. The number of benzene rings is 1. The van der Waals surface area contributed by atoms with E-state index in [0.29, 0.717) is 29.3 Å². The van der Waals surface area contributed by atoms with E-state index in [1.807, 2.05) is 13.0 Å². The summed E-state index contributed by atoms with van der Waals surface area (Å²) in [7, 11) is 0. The first kappa shape index (κ1) is 21.6. The van der Waals surface area contributed by atoms with E-state index in [4.69, 9.17) is 16.3 Å². The van der Waals surface area contributed by atoms with Gasteiger partial charge in [0, 0.05) is 37.6 Å². The minimum absolute atomic E-state index is 0.266. The van der Waals surface area contributed by atoms with Gasteiger partial charge in [-0.1, -0.05) is 17.7 Å². The van der Waals surface area contributed by atoms with E-state index >= 15 is 0 Å². The molecule has 1 N–H and O–H groups in total. The number of aromatic nitrogens is 2. The van der Waals surface area contributed by atoms with E-state index in [1.165, 1.54) is 0 Å². The molecule has 0 radical (unpaired) electrons. The number of fused-ring (bicyclic) bond motifs is 1. The van der Waals surface area contributed by atoms with Crippen LogP contribution in [0.3, 0.4) is 0 Å². The average Bonchev–Trinajstić information content (AvgIpc) is 3.18. The zero-order valence-corrected chi connectivity index (χ0v) is 19.1. The van der Waals surface area contributed by atoms with Crippen molar-refractivity contribution in [3.05, 3.63) is 51.9 Å². The van der Waals surface area contributed by atoms with Gasteiger partial charge in [-0.15, -0.1) is 0 Å². The number of esters is 1. The Balaban J connectivity index is 1.16. The number of anilines is 1. The van der Waals surface area contributed by atoms with Gasteiger partial charge in [0.15, 0.2) is 11.0 Å². The van der Waals surface area contributed by atoms with Crippen LogP contribution >= 0.6 is 11.6 Å². The molecule has 1 spiro atoms. The number of carbonyl (C=O) groups is 1. The maximum atomic E-state index is 11.8. The van der Waals surface area contributed by atoms with Crippen LogP contribution in [0.2, 0.25) is 5.15 Å². The highest BCUT2D eigenvalue weighted by atomic mass is 35.5. The van der Waals surface area contributed by atoms with Crippen LogP contribution < -0.4 is 4.90 Å². The van der Waals surface area contributed by atoms with E-state index < -0.39 is 6.10 Å².